The van der Waals surface area contributed by atoms with Crippen molar-refractivity contribution in [2.75, 3.05) is 6.54 Å². The van der Waals surface area contributed by atoms with Crippen LogP contribution in [-0.4, -0.2) is 28.7 Å². The summed E-state index contributed by atoms with van der Waals surface area (Å²) in [6, 6.07) is 4.00. The van der Waals surface area contributed by atoms with Gasteiger partial charge in [0, 0.05) is 19.0 Å². The maximum atomic E-state index is 10.9. The van der Waals surface area contributed by atoms with E-state index < -0.39 is 6.09 Å². The molecule has 0 radical (unpaired) electrons. The Labute approximate surface area is 94.9 Å². The predicted octanol–water partition coefficient (Wildman–Crippen LogP) is 2.60. The van der Waals surface area contributed by atoms with Crippen molar-refractivity contribution >= 4 is 6.09 Å². The van der Waals surface area contributed by atoms with E-state index in [2.05, 4.69) is 0 Å². The van der Waals surface area contributed by atoms with E-state index in [4.69, 9.17) is 9.52 Å². The fraction of sp³-hybridized carbons (Fsp3) is 0.583. The number of likely N-dealkylation sites (tertiary alicyclic amines) is 1. The summed E-state index contributed by atoms with van der Waals surface area (Å²) in [7, 11) is 0. The van der Waals surface area contributed by atoms with Crippen LogP contribution in [0.3, 0.4) is 0 Å². The third kappa shape index (κ3) is 2.38. The van der Waals surface area contributed by atoms with Crippen molar-refractivity contribution in [3.63, 3.8) is 0 Å². The minimum Gasteiger partial charge on any atom is -0.469 e. The lowest BCUT2D eigenvalue weighted by atomic mass is 10.00. The van der Waals surface area contributed by atoms with Crippen LogP contribution in [0.5, 0.6) is 0 Å². The molecule has 1 aliphatic rings. The van der Waals surface area contributed by atoms with Crippen molar-refractivity contribution in [2.24, 2.45) is 5.92 Å². The van der Waals surface area contributed by atoms with E-state index in [0.29, 0.717) is 12.5 Å². The standard InChI is InChI=1S/C12H17NO3/c1-9-7-10(8-13(9)12(14)15)4-5-11-3-2-6-16-11/h2-3,6,9-10H,4-5,7-8H2,1H3,(H,14,15)/t9-,10+/m1/s1. The number of hydrogen-bond acceptors (Lipinski definition) is 2. The van der Waals surface area contributed by atoms with E-state index in [-0.39, 0.29) is 6.04 Å². The van der Waals surface area contributed by atoms with Gasteiger partial charge in [-0.2, -0.15) is 0 Å². The number of furan rings is 1. The van der Waals surface area contributed by atoms with Crippen LogP contribution in [0.4, 0.5) is 4.79 Å². The lowest BCUT2D eigenvalue weighted by molar-refractivity contribution is 0.142. The highest BCUT2D eigenvalue weighted by atomic mass is 16.4. The monoisotopic (exact) mass is 223 g/mol. The first kappa shape index (κ1) is 11.0. The Morgan fingerprint density at radius 2 is 2.50 bits per heavy atom. The molecule has 2 atom stereocenters. The molecule has 1 aromatic rings. The van der Waals surface area contributed by atoms with Gasteiger partial charge in [-0.25, -0.2) is 4.79 Å². The number of carbonyl (C=O) groups is 1. The average molecular weight is 223 g/mol. The first-order valence-electron chi connectivity index (χ1n) is 5.68. The third-order valence-electron chi connectivity index (χ3n) is 3.29. The highest BCUT2D eigenvalue weighted by Crippen LogP contribution is 2.26. The van der Waals surface area contributed by atoms with Crippen molar-refractivity contribution in [3.05, 3.63) is 24.2 Å². The Bertz CT molecular complexity index is 347. The van der Waals surface area contributed by atoms with E-state index in [0.717, 1.165) is 25.0 Å². The van der Waals surface area contributed by atoms with Gasteiger partial charge in [0.25, 0.3) is 0 Å². The fourth-order valence-electron chi connectivity index (χ4n) is 2.42. The molecule has 2 rings (SSSR count). The van der Waals surface area contributed by atoms with Crippen molar-refractivity contribution in [2.45, 2.75) is 32.2 Å². The average Bonchev–Trinajstić information content (AvgIpc) is 2.83. The molecule has 0 bridgehead atoms. The summed E-state index contributed by atoms with van der Waals surface area (Å²) in [5.41, 5.74) is 0. The van der Waals surface area contributed by atoms with Crippen LogP contribution in [-0.2, 0) is 6.42 Å². The number of amides is 1. The van der Waals surface area contributed by atoms with Crippen LogP contribution in [0.1, 0.15) is 25.5 Å². The molecule has 0 aromatic carbocycles. The number of carboxylic acid groups (broad SMARTS) is 1. The minimum absolute atomic E-state index is 0.152. The molecule has 0 aliphatic carbocycles. The Morgan fingerprint density at radius 1 is 1.69 bits per heavy atom. The second-order valence-corrected chi connectivity index (χ2v) is 4.50. The van der Waals surface area contributed by atoms with Gasteiger partial charge < -0.3 is 14.4 Å². The summed E-state index contributed by atoms with van der Waals surface area (Å²) in [6.45, 7) is 2.64. The van der Waals surface area contributed by atoms with Gasteiger partial charge in [-0.1, -0.05) is 0 Å². The highest BCUT2D eigenvalue weighted by molar-refractivity contribution is 5.65. The lowest BCUT2D eigenvalue weighted by Gasteiger charge is -2.16. The molecule has 0 unspecified atom stereocenters. The van der Waals surface area contributed by atoms with Gasteiger partial charge in [0.15, 0.2) is 0 Å². The van der Waals surface area contributed by atoms with Crippen LogP contribution in [0, 0.1) is 5.92 Å². The molecule has 4 heteroatoms. The summed E-state index contributed by atoms with van der Waals surface area (Å²) in [5.74, 6) is 1.46. The van der Waals surface area contributed by atoms with Gasteiger partial charge in [0.1, 0.15) is 5.76 Å². The van der Waals surface area contributed by atoms with Crippen molar-refractivity contribution in [1.82, 2.24) is 4.90 Å². The zero-order chi connectivity index (χ0) is 11.5. The summed E-state index contributed by atoms with van der Waals surface area (Å²) < 4.78 is 5.26. The van der Waals surface area contributed by atoms with Gasteiger partial charge in [-0.3, -0.25) is 0 Å². The number of hydrogen-bond donors (Lipinski definition) is 1. The van der Waals surface area contributed by atoms with Gasteiger partial charge in [-0.15, -0.1) is 0 Å². The van der Waals surface area contributed by atoms with Crippen LogP contribution in [0.15, 0.2) is 22.8 Å². The summed E-state index contributed by atoms with van der Waals surface area (Å²) in [6.07, 6.45) is 3.75. The Kier molecular flexibility index (Phi) is 3.17. The summed E-state index contributed by atoms with van der Waals surface area (Å²) >= 11 is 0. The van der Waals surface area contributed by atoms with Crippen LogP contribution < -0.4 is 0 Å². The second-order valence-electron chi connectivity index (χ2n) is 4.50. The molecule has 1 aliphatic heterocycles. The molecular weight excluding hydrogens is 206 g/mol. The maximum Gasteiger partial charge on any atom is 0.407 e. The first-order valence-corrected chi connectivity index (χ1v) is 5.68. The topological polar surface area (TPSA) is 53.7 Å². The SMILES string of the molecule is C[C@@H]1C[C@H](CCc2ccco2)CN1C(=O)O. The van der Waals surface area contributed by atoms with Crippen molar-refractivity contribution in [3.8, 4) is 0 Å². The normalized spacial score (nSPS) is 24.9. The lowest BCUT2D eigenvalue weighted by Crippen LogP contribution is -2.32. The molecule has 2 heterocycles. The molecule has 1 aromatic heterocycles. The molecule has 16 heavy (non-hydrogen) atoms. The minimum atomic E-state index is -0.798. The fourth-order valence-corrected chi connectivity index (χ4v) is 2.42. The molecular formula is C12H17NO3. The molecule has 88 valence electrons. The summed E-state index contributed by atoms with van der Waals surface area (Å²) in [4.78, 5) is 12.4. The van der Waals surface area contributed by atoms with Crippen LogP contribution in [0.2, 0.25) is 0 Å². The number of nitrogens with zero attached hydrogens (tertiary/aromatic N) is 1. The highest BCUT2D eigenvalue weighted by Gasteiger charge is 2.31. The number of rotatable bonds is 3. The molecule has 1 fully saturated rings. The van der Waals surface area contributed by atoms with Crippen LogP contribution >= 0.6 is 0 Å². The third-order valence-corrected chi connectivity index (χ3v) is 3.29. The molecule has 1 amide bonds. The quantitative estimate of drug-likeness (QED) is 0.856. The molecule has 0 saturated carbocycles. The Morgan fingerprint density at radius 3 is 3.06 bits per heavy atom. The van der Waals surface area contributed by atoms with Gasteiger partial charge in [0.05, 0.1) is 6.26 Å². The van der Waals surface area contributed by atoms with Gasteiger partial charge in [0.2, 0.25) is 0 Å². The van der Waals surface area contributed by atoms with Crippen molar-refractivity contribution < 1.29 is 14.3 Å². The zero-order valence-corrected chi connectivity index (χ0v) is 9.43. The molecule has 0 spiro atoms. The zero-order valence-electron chi connectivity index (χ0n) is 9.43. The van der Waals surface area contributed by atoms with E-state index >= 15 is 0 Å². The first-order chi connectivity index (χ1) is 7.66. The smallest absolute Gasteiger partial charge is 0.407 e. The van der Waals surface area contributed by atoms with Crippen molar-refractivity contribution in [1.29, 1.82) is 0 Å². The molecule has 1 saturated heterocycles. The van der Waals surface area contributed by atoms with Gasteiger partial charge >= 0.3 is 6.09 Å². The second kappa shape index (κ2) is 4.60. The van der Waals surface area contributed by atoms with E-state index in [1.165, 1.54) is 4.90 Å². The largest absolute Gasteiger partial charge is 0.469 e. The predicted molar refractivity (Wildman–Crippen MR) is 59.3 cm³/mol. The Hall–Kier alpha value is -1.45. The number of aryl methyl sites for hydroxylation is 1. The van der Waals surface area contributed by atoms with E-state index in [1.54, 1.807) is 6.26 Å². The van der Waals surface area contributed by atoms with Crippen LogP contribution in [0.25, 0.3) is 0 Å². The van der Waals surface area contributed by atoms with E-state index in [1.807, 2.05) is 19.1 Å². The molecule has 4 nitrogen and oxygen atoms in total. The van der Waals surface area contributed by atoms with Gasteiger partial charge in [-0.05, 0) is 37.8 Å². The summed E-state index contributed by atoms with van der Waals surface area (Å²) in [5, 5.41) is 8.96. The Balaban J connectivity index is 1.82. The molecule has 1 N–H and O–H groups in total. The maximum absolute atomic E-state index is 10.9. The van der Waals surface area contributed by atoms with E-state index in [9.17, 15) is 4.79 Å².